The van der Waals surface area contributed by atoms with Gasteiger partial charge < -0.3 is 10.3 Å². The first-order chi connectivity index (χ1) is 8.18. The van der Waals surface area contributed by atoms with Gasteiger partial charge in [0, 0.05) is 6.54 Å². The number of benzene rings is 1. The van der Waals surface area contributed by atoms with Crippen molar-refractivity contribution in [3.8, 4) is 0 Å². The van der Waals surface area contributed by atoms with Crippen molar-refractivity contribution in [1.82, 2.24) is 9.55 Å². The van der Waals surface area contributed by atoms with Crippen LogP contribution in [0.3, 0.4) is 0 Å². The molecule has 0 fully saturated rings. The van der Waals surface area contributed by atoms with Crippen molar-refractivity contribution in [2.45, 2.75) is 32.7 Å². The van der Waals surface area contributed by atoms with E-state index in [0.29, 0.717) is 4.99 Å². The van der Waals surface area contributed by atoms with Crippen LogP contribution < -0.4 is 5.73 Å². The number of fused-ring (bicyclic) bond motifs is 1. The highest BCUT2D eigenvalue weighted by Crippen LogP contribution is 2.16. The number of aromatic nitrogens is 2. The van der Waals surface area contributed by atoms with Crippen molar-refractivity contribution < 1.29 is 0 Å². The van der Waals surface area contributed by atoms with E-state index in [9.17, 15) is 0 Å². The zero-order valence-electron chi connectivity index (χ0n) is 10.0. The molecule has 2 N–H and O–H groups in total. The van der Waals surface area contributed by atoms with E-state index in [4.69, 9.17) is 18.0 Å². The highest BCUT2D eigenvalue weighted by Gasteiger charge is 2.05. The molecule has 0 radical (unpaired) electrons. The van der Waals surface area contributed by atoms with E-state index in [-0.39, 0.29) is 0 Å². The summed E-state index contributed by atoms with van der Waals surface area (Å²) in [5, 5.41) is 0. The van der Waals surface area contributed by atoms with Crippen LogP contribution in [0.5, 0.6) is 0 Å². The molecule has 0 spiro atoms. The maximum absolute atomic E-state index is 5.48. The Morgan fingerprint density at radius 2 is 2.12 bits per heavy atom. The lowest BCUT2D eigenvalue weighted by atomic mass is 10.2. The van der Waals surface area contributed by atoms with Gasteiger partial charge in [0.15, 0.2) is 0 Å². The molecule has 1 heterocycles. The second-order valence-electron chi connectivity index (χ2n) is 4.22. The summed E-state index contributed by atoms with van der Waals surface area (Å²) in [6, 6.07) is 8.23. The topological polar surface area (TPSA) is 43.8 Å². The molecular formula is C13H17N3S. The highest BCUT2D eigenvalue weighted by molar-refractivity contribution is 7.80. The highest BCUT2D eigenvalue weighted by atomic mass is 32.1. The van der Waals surface area contributed by atoms with E-state index in [1.165, 1.54) is 5.52 Å². The molecule has 0 saturated heterocycles. The first kappa shape index (κ1) is 12.0. The van der Waals surface area contributed by atoms with Crippen molar-refractivity contribution in [2.75, 3.05) is 0 Å². The SMILES string of the molecule is Cc1nc2ccccc2n1CCCCC(N)=S. The van der Waals surface area contributed by atoms with Crippen LogP contribution in [0.15, 0.2) is 24.3 Å². The normalized spacial score (nSPS) is 10.9. The smallest absolute Gasteiger partial charge is 0.106 e. The van der Waals surface area contributed by atoms with Gasteiger partial charge in [-0.15, -0.1) is 0 Å². The molecule has 0 amide bonds. The second kappa shape index (κ2) is 5.27. The molecule has 0 atom stereocenters. The third-order valence-electron chi connectivity index (χ3n) is 2.90. The molecule has 0 aliphatic carbocycles. The van der Waals surface area contributed by atoms with Gasteiger partial charge in [-0.2, -0.15) is 0 Å². The molecule has 2 aromatic rings. The lowest BCUT2D eigenvalue weighted by molar-refractivity contribution is 0.619. The van der Waals surface area contributed by atoms with Crippen LogP contribution in [0, 0.1) is 6.92 Å². The minimum atomic E-state index is 0.609. The maximum Gasteiger partial charge on any atom is 0.106 e. The number of nitrogens with two attached hydrogens (primary N) is 1. The Morgan fingerprint density at radius 3 is 2.88 bits per heavy atom. The summed E-state index contributed by atoms with van der Waals surface area (Å²) in [7, 11) is 0. The monoisotopic (exact) mass is 247 g/mol. The number of rotatable bonds is 5. The summed E-state index contributed by atoms with van der Waals surface area (Å²) in [5.41, 5.74) is 7.76. The lowest BCUT2D eigenvalue weighted by Gasteiger charge is -2.06. The summed E-state index contributed by atoms with van der Waals surface area (Å²) in [4.78, 5) is 5.15. The van der Waals surface area contributed by atoms with E-state index in [1.807, 2.05) is 19.1 Å². The number of aryl methyl sites for hydroxylation is 2. The van der Waals surface area contributed by atoms with Crippen molar-refractivity contribution >= 4 is 28.2 Å². The summed E-state index contributed by atoms with van der Waals surface area (Å²) in [6.07, 6.45) is 2.96. The third kappa shape index (κ3) is 2.82. The standard InChI is InChI=1S/C13H17N3S/c1-10-15-11-6-2-3-7-12(11)16(10)9-5-4-8-13(14)17/h2-3,6-7H,4-5,8-9H2,1H3,(H2,14,17). The maximum atomic E-state index is 5.48. The minimum absolute atomic E-state index is 0.609. The Morgan fingerprint density at radius 1 is 1.35 bits per heavy atom. The Kier molecular flexibility index (Phi) is 3.74. The Bertz CT molecular complexity index is 530. The van der Waals surface area contributed by atoms with Crippen LogP contribution in [0.4, 0.5) is 0 Å². The van der Waals surface area contributed by atoms with Crippen LogP contribution in [0.25, 0.3) is 11.0 Å². The van der Waals surface area contributed by atoms with E-state index >= 15 is 0 Å². The first-order valence-corrected chi connectivity index (χ1v) is 6.29. The fourth-order valence-electron chi connectivity index (χ4n) is 2.05. The minimum Gasteiger partial charge on any atom is -0.393 e. The van der Waals surface area contributed by atoms with Gasteiger partial charge in [0.05, 0.1) is 16.0 Å². The van der Waals surface area contributed by atoms with Crippen LogP contribution in [0.2, 0.25) is 0 Å². The average Bonchev–Trinajstić information content (AvgIpc) is 2.60. The van der Waals surface area contributed by atoms with E-state index in [2.05, 4.69) is 21.7 Å². The molecule has 4 heteroatoms. The number of hydrogen-bond acceptors (Lipinski definition) is 2. The molecule has 0 aliphatic rings. The molecule has 1 aromatic carbocycles. The Balaban J connectivity index is 2.07. The van der Waals surface area contributed by atoms with Gasteiger partial charge in [-0.25, -0.2) is 4.98 Å². The molecule has 17 heavy (non-hydrogen) atoms. The molecule has 0 aliphatic heterocycles. The van der Waals surface area contributed by atoms with E-state index < -0.39 is 0 Å². The Hall–Kier alpha value is -1.42. The van der Waals surface area contributed by atoms with Crippen LogP contribution in [0.1, 0.15) is 25.1 Å². The van der Waals surface area contributed by atoms with Crippen molar-refractivity contribution in [3.05, 3.63) is 30.1 Å². The quantitative estimate of drug-likeness (QED) is 0.652. The summed E-state index contributed by atoms with van der Waals surface area (Å²) in [6.45, 7) is 3.03. The number of hydrogen-bond donors (Lipinski definition) is 1. The zero-order valence-corrected chi connectivity index (χ0v) is 10.8. The molecule has 2 rings (SSSR count). The van der Waals surface area contributed by atoms with E-state index in [0.717, 1.165) is 37.1 Å². The van der Waals surface area contributed by atoms with Crippen molar-refractivity contribution in [3.63, 3.8) is 0 Å². The van der Waals surface area contributed by atoms with Gasteiger partial charge in [0.25, 0.3) is 0 Å². The van der Waals surface area contributed by atoms with E-state index in [1.54, 1.807) is 0 Å². The van der Waals surface area contributed by atoms with Gasteiger partial charge in [-0.05, 0) is 38.3 Å². The average molecular weight is 247 g/mol. The first-order valence-electron chi connectivity index (χ1n) is 5.88. The predicted molar refractivity (Wildman–Crippen MR) is 75.1 cm³/mol. The zero-order chi connectivity index (χ0) is 12.3. The Labute approximate surface area is 107 Å². The number of thiocarbonyl (C=S) groups is 1. The molecule has 0 bridgehead atoms. The fraction of sp³-hybridized carbons (Fsp3) is 0.385. The lowest BCUT2D eigenvalue weighted by Crippen LogP contribution is -2.08. The largest absolute Gasteiger partial charge is 0.393 e. The van der Waals surface area contributed by atoms with Crippen LogP contribution >= 0.6 is 12.2 Å². The van der Waals surface area contributed by atoms with Gasteiger partial charge in [-0.1, -0.05) is 24.4 Å². The fourth-order valence-corrected chi connectivity index (χ4v) is 2.19. The van der Waals surface area contributed by atoms with Crippen molar-refractivity contribution in [1.29, 1.82) is 0 Å². The number of nitrogens with zero attached hydrogens (tertiary/aromatic N) is 2. The molecule has 1 aromatic heterocycles. The summed E-state index contributed by atoms with van der Waals surface area (Å²) < 4.78 is 2.26. The van der Waals surface area contributed by atoms with Gasteiger partial charge >= 0.3 is 0 Å². The van der Waals surface area contributed by atoms with Gasteiger partial charge in [0.2, 0.25) is 0 Å². The molecular weight excluding hydrogens is 230 g/mol. The van der Waals surface area contributed by atoms with Gasteiger partial charge in [-0.3, -0.25) is 0 Å². The summed E-state index contributed by atoms with van der Waals surface area (Å²) >= 11 is 4.87. The number of unbranched alkanes of at least 4 members (excludes halogenated alkanes) is 1. The molecule has 0 saturated carbocycles. The third-order valence-corrected chi connectivity index (χ3v) is 3.10. The molecule has 90 valence electrons. The van der Waals surface area contributed by atoms with Crippen molar-refractivity contribution in [2.24, 2.45) is 5.73 Å². The second-order valence-corrected chi connectivity index (χ2v) is 4.75. The molecule has 0 unspecified atom stereocenters. The number of para-hydroxylation sites is 2. The van der Waals surface area contributed by atoms with Gasteiger partial charge in [0.1, 0.15) is 5.82 Å². The number of imidazole rings is 1. The predicted octanol–water partition coefficient (Wildman–Crippen LogP) is 2.80. The van der Waals surface area contributed by atoms with Crippen LogP contribution in [-0.4, -0.2) is 14.5 Å². The van der Waals surface area contributed by atoms with Crippen LogP contribution in [-0.2, 0) is 6.54 Å². The molecule has 3 nitrogen and oxygen atoms in total. The summed E-state index contributed by atoms with van der Waals surface area (Å²) in [5.74, 6) is 1.07.